The number of carbonyl (C=O) groups is 1. The third kappa shape index (κ3) is 6.02. The molecule has 0 saturated heterocycles. The number of benzene rings is 2. The summed E-state index contributed by atoms with van der Waals surface area (Å²) in [6, 6.07) is 20.4. The van der Waals surface area contributed by atoms with E-state index < -0.39 is 0 Å². The molecule has 128 valence electrons. The number of esters is 1. The molecule has 0 saturated carbocycles. The highest BCUT2D eigenvalue weighted by Gasteiger charge is 2.26. The average molecular weight is 343 g/mol. The van der Waals surface area contributed by atoms with Crippen LogP contribution in [0.15, 0.2) is 65.6 Å². The van der Waals surface area contributed by atoms with Gasteiger partial charge in [0.2, 0.25) is 0 Å². The zero-order chi connectivity index (χ0) is 17.4. The molecular formula is C20H25NO2S. The second kappa shape index (κ2) is 9.50. The van der Waals surface area contributed by atoms with Crippen molar-refractivity contribution in [2.45, 2.75) is 17.9 Å². The van der Waals surface area contributed by atoms with Crippen molar-refractivity contribution in [1.82, 2.24) is 4.90 Å². The van der Waals surface area contributed by atoms with E-state index in [0.29, 0.717) is 0 Å². The van der Waals surface area contributed by atoms with Crippen molar-refractivity contribution in [3.05, 3.63) is 66.2 Å². The van der Waals surface area contributed by atoms with E-state index in [4.69, 9.17) is 4.74 Å². The third-order valence-corrected chi connectivity index (χ3v) is 4.86. The van der Waals surface area contributed by atoms with Gasteiger partial charge in [-0.3, -0.25) is 4.79 Å². The van der Waals surface area contributed by atoms with Crippen molar-refractivity contribution in [3.63, 3.8) is 0 Å². The predicted molar refractivity (Wildman–Crippen MR) is 100 cm³/mol. The van der Waals surface area contributed by atoms with E-state index in [9.17, 15) is 4.79 Å². The number of ether oxygens (including phenoxy) is 1. The molecule has 0 spiro atoms. The van der Waals surface area contributed by atoms with Crippen LogP contribution in [0.2, 0.25) is 0 Å². The molecule has 0 aliphatic heterocycles. The molecule has 0 aliphatic rings. The average Bonchev–Trinajstić information content (AvgIpc) is 2.58. The summed E-state index contributed by atoms with van der Waals surface area (Å²) in [4.78, 5) is 15.0. The Labute approximate surface area is 149 Å². The molecule has 24 heavy (non-hydrogen) atoms. The SMILES string of the molecule is CC(=O)OC(c1ccccc1)C(CSc1ccccc1)CN(C)C. The number of hydrogen-bond acceptors (Lipinski definition) is 4. The molecule has 2 unspecified atom stereocenters. The summed E-state index contributed by atoms with van der Waals surface area (Å²) < 4.78 is 5.71. The lowest BCUT2D eigenvalue weighted by molar-refractivity contribution is -0.149. The zero-order valence-electron chi connectivity index (χ0n) is 14.5. The lowest BCUT2D eigenvalue weighted by Gasteiger charge is -2.29. The van der Waals surface area contributed by atoms with Gasteiger partial charge in [0.15, 0.2) is 0 Å². The molecule has 4 heteroatoms. The summed E-state index contributed by atoms with van der Waals surface area (Å²) in [6.45, 7) is 2.33. The van der Waals surface area contributed by atoms with Gasteiger partial charge < -0.3 is 9.64 Å². The Kier molecular flexibility index (Phi) is 7.35. The van der Waals surface area contributed by atoms with Gasteiger partial charge in [0.25, 0.3) is 0 Å². The first-order valence-electron chi connectivity index (χ1n) is 8.11. The number of nitrogens with zero attached hydrogens (tertiary/aromatic N) is 1. The van der Waals surface area contributed by atoms with Crippen LogP contribution >= 0.6 is 11.8 Å². The fourth-order valence-corrected chi connectivity index (χ4v) is 3.72. The predicted octanol–water partition coefficient (Wildman–Crippen LogP) is 4.26. The third-order valence-electron chi connectivity index (χ3n) is 3.66. The monoisotopic (exact) mass is 343 g/mol. The van der Waals surface area contributed by atoms with Gasteiger partial charge in [-0.1, -0.05) is 48.5 Å². The molecule has 0 amide bonds. The number of carbonyl (C=O) groups excluding carboxylic acids is 1. The largest absolute Gasteiger partial charge is 0.457 e. The Balaban J connectivity index is 2.19. The summed E-state index contributed by atoms with van der Waals surface area (Å²) in [5.74, 6) is 0.850. The minimum atomic E-state index is -0.239. The zero-order valence-corrected chi connectivity index (χ0v) is 15.3. The minimum absolute atomic E-state index is 0.205. The molecule has 0 bridgehead atoms. The summed E-state index contributed by atoms with van der Waals surface area (Å²) in [7, 11) is 4.10. The van der Waals surface area contributed by atoms with Crippen LogP contribution in [-0.2, 0) is 9.53 Å². The van der Waals surface area contributed by atoms with Gasteiger partial charge in [-0.05, 0) is 31.8 Å². The standard InChI is InChI=1S/C20H25NO2S/c1-16(22)23-20(17-10-6-4-7-11-17)18(14-21(2)3)15-24-19-12-8-5-9-13-19/h4-13,18,20H,14-15H2,1-3H3. The van der Waals surface area contributed by atoms with Crippen LogP contribution in [-0.4, -0.2) is 37.3 Å². The van der Waals surface area contributed by atoms with Gasteiger partial charge in [-0.15, -0.1) is 11.8 Å². The highest BCUT2D eigenvalue weighted by Crippen LogP contribution is 2.32. The fraction of sp³-hybridized carbons (Fsp3) is 0.350. The Morgan fingerprint density at radius 1 is 1.04 bits per heavy atom. The van der Waals surface area contributed by atoms with E-state index in [0.717, 1.165) is 17.9 Å². The summed E-state index contributed by atoms with van der Waals surface area (Å²) in [5.41, 5.74) is 1.05. The maximum atomic E-state index is 11.6. The van der Waals surface area contributed by atoms with E-state index in [1.807, 2.05) is 48.5 Å². The van der Waals surface area contributed by atoms with E-state index in [1.165, 1.54) is 11.8 Å². The molecule has 0 radical (unpaired) electrons. The molecule has 0 N–H and O–H groups in total. The molecule has 2 atom stereocenters. The molecular weight excluding hydrogens is 318 g/mol. The molecule has 3 nitrogen and oxygen atoms in total. The first-order chi connectivity index (χ1) is 11.6. The van der Waals surface area contributed by atoms with Crippen molar-refractivity contribution in [1.29, 1.82) is 0 Å². The molecule has 0 heterocycles. The van der Waals surface area contributed by atoms with Crippen molar-refractivity contribution < 1.29 is 9.53 Å². The first kappa shape index (κ1) is 18.6. The van der Waals surface area contributed by atoms with Gasteiger partial charge >= 0.3 is 5.97 Å². The van der Waals surface area contributed by atoms with Crippen LogP contribution in [0.25, 0.3) is 0 Å². The van der Waals surface area contributed by atoms with Crippen LogP contribution in [0.1, 0.15) is 18.6 Å². The molecule has 2 aromatic carbocycles. The van der Waals surface area contributed by atoms with Crippen LogP contribution in [0.3, 0.4) is 0 Å². The van der Waals surface area contributed by atoms with E-state index in [1.54, 1.807) is 11.8 Å². The van der Waals surface area contributed by atoms with Crippen molar-refractivity contribution in [3.8, 4) is 0 Å². The highest BCUT2D eigenvalue weighted by molar-refractivity contribution is 7.99. The van der Waals surface area contributed by atoms with Crippen LogP contribution in [0.5, 0.6) is 0 Å². The lowest BCUT2D eigenvalue weighted by Crippen LogP contribution is -2.30. The Morgan fingerprint density at radius 2 is 1.62 bits per heavy atom. The second-order valence-electron chi connectivity index (χ2n) is 6.09. The summed E-state index contributed by atoms with van der Waals surface area (Å²) >= 11 is 1.80. The number of rotatable bonds is 8. The van der Waals surface area contributed by atoms with Crippen molar-refractivity contribution >= 4 is 17.7 Å². The fourth-order valence-electron chi connectivity index (χ4n) is 2.68. The Bertz CT molecular complexity index is 616. The normalized spacial score (nSPS) is 13.5. The van der Waals surface area contributed by atoms with Gasteiger partial charge in [0, 0.05) is 30.0 Å². The number of thioether (sulfide) groups is 1. The molecule has 2 aromatic rings. The molecule has 0 aliphatic carbocycles. The minimum Gasteiger partial charge on any atom is -0.457 e. The van der Waals surface area contributed by atoms with Crippen LogP contribution < -0.4 is 0 Å². The van der Waals surface area contributed by atoms with Crippen LogP contribution in [0.4, 0.5) is 0 Å². The second-order valence-corrected chi connectivity index (χ2v) is 7.18. The molecule has 0 fully saturated rings. The maximum absolute atomic E-state index is 11.6. The van der Waals surface area contributed by atoms with Gasteiger partial charge in [-0.2, -0.15) is 0 Å². The van der Waals surface area contributed by atoms with Crippen molar-refractivity contribution in [2.24, 2.45) is 5.92 Å². The Morgan fingerprint density at radius 3 is 2.17 bits per heavy atom. The number of hydrogen-bond donors (Lipinski definition) is 0. The van der Waals surface area contributed by atoms with Gasteiger partial charge in [-0.25, -0.2) is 0 Å². The first-order valence-corrected chi connectivity index (χ1v) is 9.09. The smallest absolute Gasteiger partial charge is 0.303 e. The highest BCUT2D eigenvalue weighted by atomic mass is 32.2. The topological polar surface area (TPSA) is 29.5 Å². The van der Waals surface area contributed by atoms with E-state index in [2.05, 4.69) is 31.1 Å². The van der Waals surface area contributed by atoms with Gasteiger partial charge in [0.1, 0.15) is 6.10 Å². The van der Waals surface area contributed by atoms with Crippen LogP contribution in [0, 0.1) is 5.92 Å². The summed E-state index contributed by atoms with van der Waals surface area (Å²) in [6.07, 6.45) is -0.234. The lowest BCUT2D eigenvalue weighted by atomic mass is 9.96. The maximum Gasteiger partial charge on any atom is 0.303 e. The van der Waals surface area contributed by atoms with Gasteiger partial charge in [0.05, 0.1) is 0 Å². The van der Waals surface area contributed by atoms with Crippen molar-refractivity contribution in [2.75, 3.05) is 26.4 Å². The molecule has 0 aromatic heterocycles. The van der Waals surface area contributed by atoms with E-state index >= 15 is 0 Å². The Hall–Kier alpha value is -1.78. The summed E-state index contributed by atoms with van der Waals surface area (Å²) in [5, 5.41) is 0. The quantitative estimate of drug-likeness (QED) is 0.529. The van der Waals surface area contributed by atoms with E-state index in [-0.39, 0.29) is 18.0 Å². The molecule has 2 rings (SSSR count).